The summed E-state index contributed by atoms with van der Waals surface area (Å²) in [5, 5.41) is 3.40. The summed E-state index contributed by atoms with van der Waals surface area (Å²) in [6.07, 6.45) is 0.685. The largest absolute Gasteiger partial charge is 0.444 e. The molecule has 0 aromatic heterocycles. The number of rotatable bonds is 2. The van der Waals surface area contributed by atoms with Gasteiger partial charge in [0.1, 0.15) is 5.60 Å². The van der Waals surface area contributed by atoms with Gasteiger partial charge in [-0.1, -0.05) is 18.2 Å². The van der Waals surface area contributed by atoms with Gasteiger partial charge in [0.25, 0.3) is 0 Å². The van der Waals surface area contributed by atoms with E-state index in [2.05, 4.69) is 35.3 Å². The molecule has 1 unspecified atom stereocenters. The molecule has 1 saturated heterocycles. The van der Waals surface area contributed by atoms with E-state index >= 15 is 0 Å². The van der Waals surface area contributed by atoms with Gasteiger partial charge in [-0.15, -0.1) is 0 Å². The fourth-order valence-electron chi connectivity index (χ4n) is 3.68. The topological polar surface area (TPSA) is 44.8 Å². The normalized spacial score (nSPS) is 21.8. The van der Waals surface area contributed by atoms with Gasteiger partial charge in [0.15, 0.2) is 0 Å². The van der Waals surface area contributed by atoms with E-state index in [1.807, 2.05) is 25.7 Å². The molecule has 0 spiro atoms. The molecule has 1 atom stereocenters. The Balaban J connectivity index is 1.69. The predicted molar refractivity (Wildman–Crippen MR) is 99.6 cm³/mol. The van der Waals surface area contributed by atoms with Crippen LogP contribution in [0, 0.1) is 0 Å². The highest BCUT2D eigenvalue weighted by molar-refractivity contribution is 5.69. The maximum Gasteiger partial charge on any atom is 0.410 e. The van der Waals surface area contributed by atoms with Crippen LogP contribution in [0.3, 0.4) is 0 Å². The number of hydrogen-bond acceptors (Lipinski definition) is 4. The second-order valence-electron chi connectivity index (χ2n) is 8.16. The summed E-state index contributed by atoms with van der Waals surface area (Å²) >= 11 is 0. The van der Waals surface area contributed by atoms with Crippen LogP contribution < -0.4 is 5.32 Å². The number of fused-ring (bicyclic) bond motifs is 1. The number of nitrogens with one attached hydrogen (secondary N) is 1. The van der Waals surface area contributed by atoms with Gasteiger partial charge in [0, 0.05) is 39.3 Å². The fraction of sp³-hybridized carbons (Fsp3) is 0.650. The first kappa shape index (κ1) is 18.2. The van der Waals surface area contributed by atoms with Gasteiger partial charge in [-0.25, -0.2) is 4.79 Å². The summed E-state index contributed by atoms with van der Waals surface area (Å²) in [5.41, 5.74) is 3.55. The van der Waals surface area contributed by atoms with Crippen molar-refractivity contribution < 1.29 is 9.53 Å². The van der Waals surface area contributed by atoms with Crippen molar-refractivity contribution >= 4 is 6.09 Å². The molecular weight excluding hydrogens is 314 g/mol. The molecule has 5 nitrogen and oxygen atoms in total. The number of ether oxygens (including phenoxy) is 1. The van der Waals surface area contributed by atoms with Gasteiger partial charge in [-0.05, 0) is 50.8 Å². The van der Waals surface area contributed by atoms with Gasteiger partial charge in [-0.3, -0.25) is 4.90 Å². The summed E-state index contributed by atoms with van der Waals surface area (Å²) in [7, 11) is 0. The Morgan fingerprint density at radius 1 is 1.24 bits per heavy atom. The fourth-order valence-corrected chi connectivity index (χ4v) is 3.68. The number of carbonyl (C=O) groups excluding carboxylic acids is 1. The van der Waals surface area contributed by atoms with Crippen LogP contribution in [0.15, 0.2) is 18.2 Å². The SMILES string of the molecule is CC1c2ccc(CN3CCNCC3)cc2CCN1C(=O)OC(C)(C)C. The van der Waals surface area contributed by atoms with E-state index in [1.165, 1.54) is 16.7 Å². The quantitative estimate of drug-likeness (QED) is 0.895. The maximum atomic E-state index is 12.5. The van der Waals surface area contributed by atoms with Crippen molar-refractivity contribution in [3.05, 3.63) is 34.9 Å². The molecule has 2 aliphatic rings. The molecule has 1 fully saturated rings. The van der Waals surface area contributed by atoms with Gasteiger partial charge in [0.05, 0.1) is 6.04 Å². The molecule has 0 radical (unpaired) electrons. The molecule has 3 rings (SSSR count). The first-order chi connectivity index (χ1) is 11.8. The molecule has 1 aromatic carbocycles. The summed E-state index contributed by atoms with van der Waals surface area (Å²) < 4.78 is 5.56. The average molecular weight is 345 g/mol. The summed E-state index contributed by atoms with van der Waals surface area (Å²) in [5.74, 6) is 0. The molecule has 2 aliphatic heterocycles. The summed E-state index contributed by atoms with van der Waals surface area (Å²) in [4.78, 5) is 16.8. The molecule has 25 heavy (non-hydrogen) atoms. The van der Waals surface area contributed by atoms with E-state index in [0.717, 1.165) is 45.7 Å². The number of nitrogens with zero attached hydrogens (tertiary/aromatic N) is 2. The van der Waals surface area contributed by atoms with E-state index in [0.29, 0.717) is 0 Å². The van der Waals surface area contributed by atoms with Crippen LogP contribution >= 0.6 is 0 Å². The standard InChI is InChI=1S/C20H31N3O2/c1-15-18-6-5-16(14-22-11-8-21-9-12-22)13-17(18)7-10-23(15)19(24)25-20(2,3)4/h5-6,13,15,21H,7-12,14H2,1-4H3. The zero-order valence-electron chi connectivity index (χ0n) is 16.0. The summed E-state index contributed by atoms with van der Waals surface area (Å²) in [6.45, 7) is 13.9. The number of carbonyl (C=O) groups is 1. The molecule has 1 amide bonds. The van der Waals surface area contributed by atoms with E-state index in [1.54, 1.807) is 0 Å². The number of benzene rings is 1. The van der Waals surface area contributed by atoms with Crippen molar-refractivity contribution in [3.63, 3.8) is 0 Å². The van der Waals surface area contributed by atoms with Crippen LogP contribution in [0.2, 0.25) is 0 Å². The van der Waals surface area contributed by atoms with E-state index < -0.39 is 5.60 Å². The zero-order chi connectivity index (χ0) is 18.0. The third-order valence-corrected chi connectivity index (χ3v) is 4.99. The molecular formula is C20H31N3O2. The van der Waals surface area contributed by atoms with Crippen molar-refractivity contribution in [2.45, 2.75) is 52.3 Å². The lowest BCUT2D eigenvalue weighted by molar-refractivity contribution is 0.0159. The maximum absolute atomic E-state index is 12.5. The summed E-state index contributed by atoms with van der Waals surface area (Å²) in [6, 6.07) is 6.82. The van der Waals surface area contributed by atoms with Gasteiger partial charge in [-0.2, -0.15) is 0 Å². The number of amides is 1. The average Bonchev–Trinajstić information content (AvgIpc) is 2.54. The van der Waals surface area contributed by atoms with Crippen molar-refractivity contribution in [1.29, 1.82) is 0 Å². The van der Waals surface area contributed by atoms with Crippen molar-refractivity contribution in [1.82, 2.24) is 15.1 Å². The van der Waals surface area contributed by atoms with E-state index in [4.69, 9.17) is 4.74 Å². The van der Waals surface area contributed by atoms with Crippen LogP contribution in [0.5, 0.6) is 0 Å². The molecule has 2 heterocycles. The first-order valence-electron chi connectivity index (χ1n) is 9.38. The number of hydrogen-bond donors (Lipinski definition) is 1. The Bertz CT molecular complexity index is 618. The Kier molecular flexibility index (Phi) is 5.35. The van der Waals surface area contributed by atoms with Crippen LogP contribution in [-0.4, -0.2) is 54.2 Å². The highest BCUT2D eigenvalue weighted by Gasteiger charge is 2.31. The smallest absolute Gasteiger partial charge is 0.410 e. The predicted octanol–water partition coefficient (Wildman–Crippen LogP) is 2.95. The van der Waals surface area contributed by atoms with Crippen molar-refractivity contribution in [2.75, 3.05) is 32.7 Å². The monoisotopic (exact) mass is 345 g/mol. The molecule has 0 bridgehead atoms. The van der Waals surface area contributed by atoms with Crippen LogP contribution in [0.1, 0.15) is 50.4 Å². The number of piperazine rings is 1. The highest BCUT2D eigenvalue weighted by Crippen LogP contribution is 2.31. The lowest BCUT2D eigenvalue weighted by atomic mass is 9.92. The van der Waals surface area contributed by atoms with Crippen molar-refractivity contribution in [3.8, 4) is 0 Å². The molecule has 1 aromatic rings. The van der Waals surface area contributed by atoms with Gasteiger partial charge >= 0.3 is 6.09 Å². The lowest BCUT2D eigenvalue weighted by Gasteiger charge is -2.36. The van der Waals surface area contributed by atoms with Gasteiger partial charge in [0.2, 0.25) is 0 Å². The third kappa shape index (κ3) is 4.53. The Morgan fingerprint density at radius 2 is 1.96 bits per heavy atom. The van der Waals surface area contributed by atoms with E-state index in [9.17, 15) is 4.79 Å². The Morgan fingerprint density at radius 3 is 2.64 bits per heavy atom. The van der Waals surface area contributed by atoms with Crippen LogP contribution in [0.25, 0.3) is 0 Å². The molecule has 1 N–H and O–H groups in total. The molecule has 0 saturated carbocycles. The minimum absolute atomic E-state index is 0.0619. The second-order valence-corrected chi connectivity index (χ2v) is 8.16. The Labute approximate surface area is 151 Å². The molecule has 5 heteroatoms. The zero-order valence-corrected chi connectivity index (χ0v) is 16.0. The third-order valence-electron chi connectivity index (χ3n) is 4.99. The minimum atomic E-state index is -0.454. The highest BCUT2D eigenvalue weighted by atomic mass is 16.6. The van der Waals surface area contributed by atoms with Crippen LogP contribution in [0.4, 0.5) is 4.79 Å². The second kappa shape index (κ2) is 7.34. The molecule has 0 aliphatic carbocycles. The Hall–Kier alpha value is -1.59. The van der Waals surface area contributed by atoms with E-state index in [-0.39, 0.29) is 12.1 Å². The lowest BCUT2D eigenvalue weighted by Crippen LogP contribution is -2.43. The van der Waals surface area contributed by atoms with Gasteiger partial charge < -0.3 is 15.0 Å². The van der Waals surface area contributed by atoms with Crippen LogP contribution in [-0.2, 0) is 17.7 Å². The first-order valence-corrected chi connectivity index (χ1v) is 9.38. The molecule has 138 valence electrons. The minimum Gasteiger partial charge on any atom is -0.444 e. The van der Waals surface area contributed by atoms with Crippen molar-refractivity contribution in [2.24, 2.45) is 0 Å².